The molecule has 17 heavy (non-hydrogen) atoms. The van der Waals surface area contributed by atoms with Crippen LogP contribution in [-0.2, 0) is 0 Å². The molecule has 0 aliphatic heterocycles. The van der Waals surface area contributed by atoms with Crippen molar-refractivity contribution >= 4 is 12.2 Å². The highest BCUT2D eigenvalue weighted by Crippen LogP contribution is 2.20. The Morgan fingerprint density at radius 1 is 1.35 bits per heavy atom. The first-order valence-electron chi connectivity index (χ1n) is 5.43. The molecule has 1 N–H and O–H groups in total. The summed E-state index contributed by atoms with van der Waals surface area (Å²) in [6.45, 7) is 2.76. The molecular weight excluding hydrogens is 234 g/mol. The Hall–Kier alpha value is -1.75. The molecule has 0 bridgehead atoms. The predicted octanol–water partition coefficient (Wildman–Crippen LogP) is 2.99. The molecule has 4 nitrogen and oxygen atoms in total. The third kappa shape index (κ3) is 3.10. The number of pyridine rings is 1. The van der Waals surface area contributed by atoms with Gasteiger partial charge in [-0.1, -0.05) is 19.1 Å². The molecule has 2 aromatic rings. The quantitative estimate of drug-likeness (QED) is 0.844. The van der Waals surface area contributed by atoms with E-state index in [0.29, 0.717) is 11.2 Å². The normalized spacial score (nSPS) is 10.2. The van der Waals surface area contributed by atoms with E-state index in [4.69, 9.17) is 17.0 Å². The molecular formula is C12H13N3OS. The lowest BCUT2D eigenvalue weighted by Crippen LogP contribution is -1.96. The van der Waals surface area contributed by atoms with Crippen molar-refractivity contribution in [2.75, 3.05) is 6.61 Å². The van der Waals surface area contributed by atoms with E-state index in [1.165, 1.54) is 0 Å². The SMILES string of the molecule is CCCOc1cncc(-c2ccc(=S)[nH]n2)c1. The standard InChI is InChI=1S/C12H13N3OS/c1-2-5-16-10-6-9(7-13-8-10)11-3-4-12(17)15-14-11/h3-4,6-8H,2,5H2,1H3,(H,15,17). The van der Waals surface area contributed by atoms with Gasteiger partial charge in [-0.3, -0.25) is 10.1 Å². The second-order valence-corrected chi connectivity index (χ2v) is 4.00. The Kier molecular flexibility index (Phi) is 3.82. The van der Waals surface area contributed by atoms with E-state index in [1.54, 1.807) is 18.5 Å². The van der Waals surface area contributed by atoms with Crippen molar-refractivity contribution in [2.45, 2.75) is 13.3 Å². The van der Waals surface area contributed by atoms with Gasteiger partial charge in [0.1, 0.15) is 10.4 Å². The summed E-state index contributed by atoms with van der Waals surface area (Å²) in [7, 11) is 0. The van der Waals surface area contributed by atoms with Crippen LogP contribution >= 0.6 is 12.2 Å². The van der Waals surface area contributed by atoms with Crippen molar-refractivity contribution in [3.8, 4) is 17.0 Å². The largest absolute Gasteiger partial charge is 0.492 e. The van der Waals surface area contributed by atoms with Crippen LogP contribution in [0.25, 0.3) is 11.3 Å². The minimum Gasteiger partial charge on any atom is -0.492 e. The fraction of sp³-hybridized carbons (Fsp3) is 0.250. The van der Waals surface area contributed by atoms with Crippen LogP contribution in [0.3, 0.4) is 0 Å². The molecule has 0 aliphatic rings. The molecule has 0 atom stereocenters. The van der Waals surface area contributed by atoms with Gasteiger partial charge in [-0.15, -0.1) is 0 Å². The summed E-state index contributed by atoms with van der Waals surface area (Å²) in [4.78, 5) is 4.13. The average molecular weight is 247 g/mol. The second kappa shape index (κ2) is 5.54. The van der Waals surface area contributed by atoms with Gasteiger partial charge in [-0.25, -0.2) is 0 Å². The van der Waals surface area contributed by atoms with E-state index in [0.717, 1.165) is 23.4 Å². The summed E-state index contributed by atoms with van der Waals surface area (Å²) in [6, 6.07) is 5.58. The number of nitrogens with zero attached hydrogens (tertiary/aromatic N) is 2. The van der Waals surface area contributed by atoms with E-state index in [-0.39, 0.29) is 0 Å². The lowest BCUT2D eigenvalue weighted by Gasteiger charge is -2.05. The Morgan fingerprint density at radius 2 is 2.24 bits per heavy atom. The van der Waals surface area contributed by atoms with Gasteiger partial charge in [0.15, 0.2) is 0 Å². The molecule has 0 fully saturated rings. The molecule has 0 spiro atoms. The zero-order valence-electron chi connectivity index (χ0n) is 9.51. The van der Waals surface area contributed by atoms with Crippen LogP contribution in [-0.4, -0.2) is 21.8 Å². The molecule has 0 unspecified atom stereocenters. The number of aromatic amines is 1. The minimum atomic E-state index is 0.611. The summed E-state index contributed by atoms with van der Waals surface area (Å²) in [5, 5.41) is 6.90. The van der Waals surface area contributed by atoms with Gasteiger partial charge in [-0.2, -0.15) is 5.10 Å². The van der Waals surface area contributed by atoms with E-state index >= 15 is 0 Å². The number of ether oxygens (including phenoxy) is 1. The van der Waals surface area contributed by atoms with Crippen LogP contribution in [0.2, 0.25) is 0 Å². The summed E-state index contributed by atoms with van der Waals surface area (Å²) in [5.74, 6) is 0.758. The summed E-state index contributed by atoms with van der Waals surface area (Å²) < 4.78 is 6.13. The Morgan fingerprint density at radius 3 is 2.94 bits per heavy atom. The summed E-state index contributed by atoms with van der Waals surface area (Å²) in [5.41, 5.74) is 1.71. The highest BCUT2D eigenvalue weighted by atomic mass is 32.1. The molecule has 0 amide bonds. The number of hydrogen-bond donors (Lipinski definition) is 1. The van der Waals surface area contributed by atoms with E-state index in [2.05, 4.69) is 22.1 Å². The van der Waals surface area contributed by atoms with Gasteiger partial charge in [0, 0.05) is 11.8 Å². The molecule has 0 saturated heterocycles. The number of H-pyrrole nitrogens is 1. The number of hydrogen-bond acceptors (Lipinski definition) is 4. The highest BCUT2D eigenvalue weighted by Gasteiger charge is 2.01. The van der Waals surface area contributed by atoms with Crippen LogP contribution in [0, 0.1) is 4.64 Å². The molecule has 2 rings (SSSR count). The van der Waals surface area contributed by atoms with Crippen molar-refractivity contribution in [1.82, 2.24) is 15.2 Å². The van der Waals surface area contributed by atoms with Crippen LogP contribution in [0.15, 0.2) is 30.6 Å². The van der Waals surface area contributed by atoms with E-state index < -0.39 is 0 Å². The molecule has 88 valence electrons. The van der Waals surface area contributed by atoms with Crippen LogP contribution in [0.4, 0.5) is 0 Å². The maximum Gasteiger partial charge on any atom is 0.138 e. The molecule has 2 heterocycles. The number of aromatic nitrogens is 3. The maximum absolute atomic E-state index is 5.52. The molecule has 0 radical (unpaired) electrons. The van der Waals surface area contributed by atoms with Crippen LogP contribution < -0.4 is 4.74 Å². The fourth-order valence-electron chi connectivity index (χ4n) is 1.36. The monoisotopic (exact) mass is 247 g/mol. The molecule has 0 saturated carbocycles. The summed E-state index contributed by atoms with van der Waals surface area (Å²) in [6.07, 6.45) is 4.42. The molecule has 0 aliphatic carbocycles. The summed E-state index contributed by atoms with van der Waals surface area (Å²) >= 11 is 4.95. The molecule has 0 aromatic carbocycles. The van der Waals surface area contributed by atoms with Crippen molar-refractivity contribution in [3.05, 3.63) is 35.2 Å². The topological polar surface area (TPSA) is 50.8 Å². The van der Waals surface area contributed by atoms with Crippen LogP contribution in [0.5, 0.6) is 5.75 Å². The first-order chi connectivity index (χ1) is 8.29. The zero-order valence-corrected chi connectivity index (χ0v) is 10.3. The Labute approximate surface area is 105 Å². The number of nitrogens with one attached hydrogen (secondary N) is 1. The van der Waals surface area contributed by atoms with Crippen LogP contribution in [0.1, 0.15) is 13.3 Å². The van der Waals surface area contributed by atoms with Gasteiger partial charge < -0.3 is 4.74 Å². The second-order valence-electron chi connectivity index (χ2n) is 3.56. The zero-order chi connectivity index (χ0) is 12.1. The van der Waals surface area contributed by atoms with Crippen molar-refractivity contribution in [3.63, 3.8) is 0 Å². The average Bonchev–Trinajstić information content (AvgIpc) is 2.37. The third-order valence-electron chi connectivity index (χ3n) is 2.16. The van der Waals surface area contributed by atoms with Crippen molar-refractivity contribution < 1.29 is 4.74 Å². The van der Waals surface area contributed by atoms with E-state index in [9.17, 15) is 0 Å². The number of rotatable bonds is 4. The lowest BCUT2D eigenvalue weighted by atomic mass is 10.2. The molecule has 2 aromatic heterocycles. The smallest absolute Gasteiger partial charge is 0.138 e. The van der Waals surface area contributed by atoms with Gasteiger partial charge in [-0.05, 0) is 24.6 Å². The van der Waals surface area contributed by atoms with E-state index in [1.807, 2.05) is 12.1 Å². The first-order valence-corrected chi connectivity index (χ1v) is 5.84. The lowest BCUT2D eigenvalue weighted by molar-refractivity contribution is 0.316. The van der Waals surface area contributed by atoms with Gasteiger partial charge in [0.2, 0.25) is 0 Å². The highest BCUT2D eigenvalue weighted by molar-refractivity contribution is 7.71. The fourth-order valence-corrected chi connectivity index (χ4v) is 1.48. The first kappa shape index (κ1) is 11.7. The minimum absolute atomic E-state index is 0.611. The van der Waals surface area contributed by atoms with Gasteiger partial charge in [0.05, 0.1) is 18.5 Å². The predicted molar refractivity (Wildman–Crippen MR) is 68.4 cm³/mol. The van der Waals surface area contributed by atoms with Crippen molar-refractivity contribution in [2.24, 2.45) is 0 Å². The van der Waals surface area contributed by atoms with Gasteiger partial charge in [0.25, 0.3) is 0 Å². The Bertz CT molecular complexity index is 533. The van der Waals surface area contributed by atoms with Gasteiger partial charge >= 0.3 is 0 Å². The third-order valence-corrected chi connectivity index (χ3v) is 2.39. The Balaban J connectivity index is 2.26. The van der Waals surface area contributed by atoms with Crippen molar-refractivity contribution in [1.29, 1.82) is 0 Å². The maximum atomic E-state index is 5.52. The molecule has 5 heteroatoms.